The van der Waals surface area contributed by atoms with Crippen LogP contribution < -0.4 is 0 Å². The van der Waals surface area contributed by atoms with Crippen LogP contribution in [0.5, 0.6) is 0 Å². The topological polar surface area (TPSA) is 52.4 Å². The lowest BCUT2D eigenvalue weighted by atomic mass is 9.47. The van der Waals surface area contributed by atoms with Gasteiger partial charge in [-0.15, -0.1) is 0 Å². The van der Waals surface area contributed by atoms with Gasteiger partial charge in [0.15, 0.2) is 8.32 Å². The quantitative estimate of drug-likeness (QED) is 0.314. The smallest absolute Gasteiger partial charge is 0.184 e. The maximum atomic E-state index is 6.74. The third kappa shape index (κ3) is 3.68. The van der Waals surface area contributed by atoms with Gasteiger partial charge in [0.2, 0.25) is 0 Å². The molecule has 0 aromatic rings. The molecular formula is C24H40N2O3Si. The molecule has 1 unspecified atom stereocenters. The largest absolute Gasteiger partial charge is 0.414 e. The fourth-order valence-corrected chi connectivity index (χ4v) is 8.68. The van der Waals surface area contributed by atoms with Crippen LogP contribution in [0.1, 0.15) is 58.3 Å². The summed E-state index contributed by atoms with van der Waals surface area (Å²) in [5.41, 5.74) is 2.91. The van der Waals surface area contributed by atoms with Crippen molar-refractivity contribution in [3.8, 4) is 0 Å². The van der Waals surface area contributed by atoms with Crippen LogP contribution in [0.2, 0.25) is 19.6 Å². The lowest BCUT2D eigenvalue weighted by Gasteiger charge is -2.58. The predicted octanol–water partition coefficient (Wildman–Crippen LogP) is 5.78. The maximum Gasteiger partial charge on any atom is 0.184 e. The van der Waals surface area contributed by atoms with Gasteiger partial charge in [0, 0.05) is 5.41 Å². The van der Waals surface area contributed by atoms with Gasteiger partial charge < -0.3 is 14.1 Å². The molecular weight excluding hydrogens is 392 g/mol. The van der Waals surface area contributed by atoms with E-state index in [1.54, 1.807) is 14.2 Å². The fourth-order valence-electron chi connectivity index (χ4n) is 7.43. The first-order valence-corrected chi connectivity index (χ1v) is 15.2. The summed E-state index contributed by atoms with van der Waals surface area (Å²) in [7, 11) is 1.76. The lowest BCUT2D eigenvalue weighted by Crippen LogP contribution is -2.53. The van der Waals surface area contributed by atoms with Crippen molar-refractivity contribution in [2.45, 2.75) is 84.0 Å². The number of hydrogen-bond acceptors (Lipinski definition) is 5. The second-order valence-corrected chi connectivity index (χ2v) is 15.6. The van der Waals surface area contributed by atoms with E-state index in [0.29, 0.717) is 17.4 Å². The highest BCUT2D eigenvalue weighted by molar-refractivity contribution is 6.69. The van der Waals surface area contributed by atoms with Crippen molar-refractivity contribution < 1.29 is 14.1 Å². The Bertz CT molecular complexity index is 743. The SMILES string of the molecule is CO/N=C1\C=C2CC[C@@H]3[C@H](CC[C@]4(C)C(O[Si](C)(C)C)CC[C@@H]34)[C@@]2(/C=N/OC)CC1. The summed E-state index contributed by atoms with van der Waals surface area (Å²) in [5, 5.41) is 8.59. The number of hydrogen-bond donors (Lipinski definition) is 0. The summed E-state index contributed by atoms with van der Waals surface area (Å²) in [6, 6.07) is 0. The van der Waals surface area contributed by atoms with E-state index in [2.05, 4.69) is 49.2 Å². The molecule has 5 nitrogen and oxygen atoms in total. The maximum absolute atomic E-state index is 6.74. The lowest BCUT2D eigenvalue weighted by molar-refractivity contribution is -0.0562. The highest BCUT2D eigenvalue weighted by Crippen LogP contribution is 2.65. The molecule has 0 saturated heterocycles. The summed E-state index contributed by atoms with van der Waals surface area (Å²) in [4.78, 5) is 10.3. The monoisotopic (exact) mass is 432 g/mol. The average Bonchev–Trinajstić information content (AvgIpc) is 3.01. The molecule has 3 fully saturated rings. The predicted molar refractivity (Wildman–Crippen MR) is 124 cm³/mol. The van der Waals surface area contributed by atoms with Gasteiger partial charge in [-0.05, 0) is 100 Å². The Kier molecular flexibility index (Phi) is 5.95. The fraction of sp³-hybridized carbons (Fsp3) is 0.833. The molecule has 0 N–H and O–H groups in total. The van der Waals surface area contributed by atoms with Gasteiger partial charge in [-0.1, -0.05) is 22.8 Å². The minimum absolute atomic E-state index is 0.0186. The zero-order chi connectivity index (χ0) is 21.6. The number of rotatable bonds is 5. The van der Waals surface area contributed by atoms with Crippen LogP contribution in [-0.4, -0.2) is 40.6 Å². The molecule has 0 aliphatic heterocycles. The third-order valence-corrected chi connectivity index (χ3v) is 9.58. The number of allylic oxidation sites excluding steroid dienone is 2. The van der Waals surface area contributed by atoms with E-state index in [4.69, 9.17) is 14.1 Å². The van der Waals surface area contributed by atoms with Gasteiger partial charge >= 0.3 is 0 Å². The molecule has 6 atom stereocenters. The Morgan fingerprint density at radius 3 is 2.50 bits per heavy atom. The van der Waals surface area contributed by atoms with Crippen LogP contribution in [0.4, 0.5) is 0 Å². The van der Waals surface area contributed by atoms with E-state index < -0.39 is 8.32 Å². The van der Waals surface area contributed by atoms with Crippen LogP contribution in [-0.2, 0) is 14.1 Å². The van der Waals surface area contributed by atoms with E-state index >= 15 is 0 Å². The van der Waals surface area contributed by atoms with Crippen molar-refractivity contribution in [1.29, 1.82) is 0 Å². The molecule has 0 aromatic heterocycles. The molecule has 4 aliphatic carbocycles. The standard InChI is InChI=1S/C24H40N2O3Si/c1-23-13-12-21-19(20(23)9-10-22(23)29-30(4,5)6)8-7-17-15-18(26-28-3)11-14-24(17,21)16-25-27-2/h15-16,19-22H,7-14H2,1-6H3/b25-16+,26-18-/t19-,20-,21-,22?,23-,24+/m0/s1. The molecule has 6 heteroatoms. The summed E-state index contributed by atoms with van der Waals surface area (Å²) < 4.78 is 6.74. The van der Waals surface area contributed by atoms with Gasteiger partial charge in [-0.2, -0.15) is 0 Å². The van der Waals surface area contributed by atoms with Crippen LogP contribution in [0.3, 0.4) is 0 Å². The van der Waals surface area contributed by atoms with Crippen molar-refractivity contribution in [3.63, 3.8) is 0 Å². The van der Waals surface area contributed by atoms with E-state index in [0.717, 1.165) is 36.8 Å². The van der Waals surface area contributed by atoms with Crippen molar-refractivity contribution in [3.05, 3.63) is 11.6 Å². The number of fused-ring (bicyclic) bond motifs is 5. The molecule has 30 heavy (non-hydrogen) atoms. The molecule has 0 radical (unpaired) electrons. The van der Waals surface area contributed by atoms with E-state index in [1.165, 1.54) is 37.7 Å². The van der Waals surface area contributed by atoms with Crippen molar-refractivity contribution in [2.75, 3.05) is 14.2 Å². The minimum atomic E-state index is -1.54. The normalized spacial score (nSPS) is 42.5. The molecule has 4 rings (SSSR count). The highest BCUT2D eigenvalue weighted by atomic mass is 28.4. The Morgan fingerprint density at radius 2 is 1.80 bits per heavy atom. The van der Waals surface area contributed by atoms with Gasteiger partial charge in [-0.25, -0.2) is 0 Å². The Labute approximate surface area is 183 Å². The van der Waals surface area contributed by atoms with Gasteiger partial charge in [0.05, 0.1) is 18.0 Å². The van der Waals surface area contributed by atoms with Crippen LogP contribution in [0.15, 0.2) is 22.0 Å². The zero-order valence-electron chi connectivity index (χ0n) is 19.7. The zero-order valence-corrected chi connectivity index (χ0v) is 20.7. The van der Waals surface area contributed by atoms with Crippen molar-refractivity contribution in [2.24, 2.45) is 38.9 Å². The summed E-state index contributed by atoms with van der Waals surface area (Å²) in [5.74, 6) is 2.16. The Hall–Kier alpha value is -1.14. The van der Waals surface area contributed by atoms with Crippen molar-refractivity contribution >= 4 is 20.2 Å². The Morgan fingerprint density at radius 1 is 1.00 bits per heavy atom. The first-order valence-electron chi connectivity index (χ1n) is 11.8. The van der Waals surface area contributed by atoms with E-state index in [9.17, 15) is 0 Å². The molecule has 0 heterocycles. The second-order valence-electron chi connectivity index (χ2n) is 11.1. The average molecular weight is 433 g/mol. The minimum Gasteiger partial charge on any atom is -0.414 e. The summed E-state index contributed by atoms with van der Waals surface area (Å²) >= 11 is 0. The molecule has 0 amide bonds. The second kappa shape index (κ2) is 8.08. The first-order chi connectivity index (χ1) is 14.2. The Balaban J connectivity index is 1.65. The summed E-state index contributed by atoms with van der Waals surface area (Å²) in [6.07, 6.45) is 14.4. The molecule has 3 saturated carbocycles. The third-order valence-electron chi connectivity index (χ3n) is 8.59. The van der Waals surface area contributed by atoms with Gasteiger partial charge in [-0.3, -0.25) is 0 Å². The van der Waals surface area contributed by atoms with Crippen LogP contribution in [0.25, 0.3) is 0 Å². The highest BCUT2D eigenvalue weighted by Gasteiger charge is 2.60. The number of oxime groups is 2. The van der Waals surface area contributed by atoms with Crippen LogP contribution >= 0.6 is 0 Å². The van der Waals surface area contributed by atoms with Crippen molar-refractivity contribution in [1.82, 2.24) is 0 Å². The molecule has 0 spiro atoms. The molecule has 4 aliphatic rings. The molecule has 0 aromatic carbocycles. The van der Waals surface area contributed by atoms with Crippen LogP contribution in [0, 0.1) is 28.6 Å². The van der Waals surface area contributed by atoms with E-state index in [-0.39, 0.29) is 5.41 Å². The molecule has 168 valence electrons. The molecule has 0 bridgehead atoms. The number of nitrogens with zero attached hydrogens (tertiary/aromatic N) is 2. The first kappa shape index (κ1) is 22.1. The van der Waals surface area contributed by atoms with Gasteiger partial charge in [0.1, 0.15) is 14.2 Å². The van der Waals surface area contributed by atoms with Gasteiger partial charge in [0.25, 0.3) is 0 Å². The summed E-state index contributed by atoms with van der Waals surface area (Å²) in [6.45, 7) is 9.55. The van der Waals surface area contributed by atoms with E-state index in [1.807, 2.05) is 0 Å².